The van der Waals surface area contributed by atoms with E-state index in [1.165, 1.54) is 22.7 Å². The lowest BCUT2D eigenvalue weighted by molar-refractivity contribution is 0.437. The second-order valence-electron chi connectivity index (χ2n) is 6.63. The minimum Gasteiger partial charge on any atom is -0.355 e. The number of rotatable bonds is 3. The fourth-order valence-electron chi connectivity index (χ4n) is 3.25. The fourth-order valence-corrected chi connectivity index (χ4v) is 4.13. The van der Waals surface area contributed by atoms with Crippen molar-refractivity contribution in [2.45, 2.75) is 6.42 Å². The molecule has 0 amide bonds. The number of nitrogens with zero attached hydrogens (tertiary/aromatic N) is 5. The third-order valence-corrected chi connectivity index (χ3v) is 6.00. The molecule has 142 valence electrons. The van der Waals surface area contributed by atoms with Crippen LogP contribution >= 0.6 is 0 Å². The topological polar surface area (TPSA) is 70.8 Å². The Kier molecular flexibility index (Phi) is 4.56. The molecule has 0 aliphatic carbocycles. The zero-order valence-corrected chi connectivity index (χ0v) is 15.7. The molecule has 0 radical (unpaired) electrons. The van der Waals surface area contributed by atoms with Crippen LogP contribution in [0.3, 0.4) is 0 Å². The van der Waals surface area contributed by atoms with Crippen molar-refractivity contribution in [3.8, 4) is 11.3 Å². The Balaban J connectivity index is 1.59. The molecule has 0 atom stereocenters. The van der Waals surface area contributed by atoms with Crippen molar-refractivity contribution < 1.29 is 12.8 Å². The number of fused-ring (bicyclic) bond motifs is 1. The average molecular weight is 389 g/mol. The summed E-state index contributed by atoms with van der Waals surface area (Å²) in [4.78, 5) is 11.3. The standard InChI is InChI=1S/C18H20FN5O2S/c1-27(25,26)24-9-2-8-22(11-12-24)17-7-10-23-13-16(20-18(23)21-17)14-3-5-15(19)6-4-14/h3-7,10,13H,2,8-9,11-12H2,1H3. The molecular weight excluding hydrogens is 369 g/mol. The first-order valence-electron chi connectivity index (χ1n) is 8.72. The van der Waals surface area contributed by atoms with Crippen LogP contribution < -0.4 is 4.90 Å². The van der Waals surface area contributed by atoms with Crippen LogP contribution in [0.15, 0.2) is 42.7 Å². The number of anilines is 1. The number of hydrogen-bond acceptors (Lipinski definition) is 5. The molecule has 0 saturated carbocycles. The monoisotopic (exact) mass is 389 g/mol. The summed E-state index contributed by atoms with van der Waals surface area (Å²) >= 11 is 0. The molecule has 27 heavy (non-hydrogen) atoms. The second kappa shape index (κ2) is 6.90. The zero-order valence-electron chi connectivity index (χ0n) is 14.9. The third kappa shape index (κ3) is 3.79. The lowest BCUT2D eigenvalue weighted by Gasteiger charge is -2.21. The first kappa shape index (κ1) is 17.9. The van der Waals surface area contributed by atoms with E-state index in [0.717, 1.165) is 30.0 Å². The van der Waals surface area contributed by atoms with E-state index >= 15 is 0 Å². The summed E-state index contributed by atoms with van der Waals surface area (Å²) < 4.78 is 40.0. The molecule has 3 heterocycles. The summed E-state index contributed by atoms with van der Waals surface area (Å²) in [6.07, 6.45) is 5.73. The van der Waals surface area contributed by atoms with Gasteiger partial charge in [-0.2, -0.15) is 4.98 Å². The Hall–Kier alpha value is -2.52. The van der Waals surface area contributed by atoms with Crippen LogP contribution in [-0.4, -0.2) is 59.5 Å². The summed E-state index contributed by atoms with van der Waals surface area (Å²) in [5.74, 6) is 1.04. The molecule has 3 aromatic rings. The van der Waals surface area contributed by atoms with Gasteiger partial charge < -0.3 is 4.90 Å². The van der Waals surface area contributed by atoms with Gasteiger partial charge in [0, 0.05) is 44.1 Å². The molecule has 0 bridgehead atoms. The molecular formula is C18H20FN5O2S. The van der Waals surface area contributed by atoms with E-state index in [0.29, 0.717) is 25.4 Å². The van der Waals surface area contributed by atoms with Gasteiger partial charge >= 0.3 is 0 Å². The van der Waals surface area contributed by atoms with E-state index in [4.69, 9.17) is 0 Å². The van der Waals surface area contributed by atoms with Crippen molar-refractivity contribution in [1.82, 2.24) is 18.7 Å². The van der Waals surface area contributed by atoms with E-state index in [1.54, 1.807) is 12.1 Å². The van der Waals surface area contributed by atoms with E-state index in [2.05, 4.69) is 14.9 Å². The lowest BCUT2D eigenvalue weighted by atomic mass is 10.2. The van der Waals surface area contributed by atoms with Crippen molar-refractivity contribution in [1.29, 1.82) is 0 Å². The molecule has 7 nitrogen and oxygen atoms in total. The Morgan fingerprint density at radius 3 is 2.52 bits per heavy atom. The van der Waals surface area contributed by atoms with Crippen LogP contribution in [0.2, 0.25) is 0 Å². The number of sulfonamides is 1. The summed E-state index contributed by atoms with van der Waals surface area (Å²) in [6.45, 7) is 2.29. The molecule has 0 N–H and O–H groups in total. The fraction of sp³-hybridized carbons (Fsp3) is 0.333. The molecule has 4 rings (SSSR count). The summed E-state index contributed by atoms with van der Waals surface area (Å²) in [6, 6.07) is 8.09. The third-order valence-electron chi connectivity index (χ3n) is 4.70. The average Bonchev–Trinajstić information content (AvgIpc) is 2.88. The Morgan fingerprint density at radius 2 is 1.78 bits per heavy atom. The molecule has 1 aliphatic rings. The number of halogens is 1. The van der Waals surface area contributed by atoms with Crippen molar-refractivity contribution in [3.05, 3.63) is 48.5 Å². The zero-order chi connectivity index (χ0) is 19.0. The maximum Gasteiger partial charge on any atom is 0.236 e. The highest BCUT2D eigenvalue weighted by Gasteiger charge is 2.22. The Morgan fingerprint density at radius 1 is 1.00 bits per heavy atom. The van der Waals surface area contributed by atoms with Gasteiger partial charge in [0.05, 0.1) is 11.9 Å². The predicted molar refractivity (Wildman–Crippen MR) is 102 cm³/mol. The van der Waals surface area contributed by atoms with Gasteiger partial charge in [-0.05, 0) is 36.8 Å². The minimum atomic E-state index is -3.18. The maximum absolute atomic E-state index is 13.1. The van der Waals surface area contributed by atoms with Crippen LogP contribution in [0.1, 0.15) is 6.42 Å². The van der Waals surface area contributed by atoms with Gasteiger partial charge in [0.2, 0.25) is 15.8 Å². The van der Waals surface area contributed by atoms with Crippen LogP contribution in [0.25, 0.3) is 17.0 Å². The molecule has 2 aromatic heterocycles. The first-order valence-corrected chi connectivity index (χ1v) is 10.6. The van der Waals surface area contributed by atoms with E-state index in [9.17, 15) is 12.8 Å². The molecule has 0 spiro atoms. The maximum atomic E-state index is 13.1. The van der Waals surface area contributed by atoms with Crippen LogP contribution in [0.4, 0.5) is 10.2 Å². The minimum absolute atomic E-state index is 0.285. The molecule has 1 aliphatic heterocycles. The number of imidazole rings is 1. The van der Waals surface area contributed by atoms with Crippen molar-refractivity contribution >= 4 is 21.6 Å². The Labute approximate surface area is 157 Å². The SMILES string of the molecule is CS(=O)(=O)N1CCCN(c2ccn3cc(-c4ccc(F)cc4)nc3n2)CC1. The van der Waals surface area contributed by atoms with Gasteiger partial charge in [-0.15, -0.1) is 0 Å². The molecule has 1 fully saturated rings. The van der Waals surface area contributed by atoms with Crippen molar-refractivity contribution in [2.75, 3.05) is 37.3 Å². The summed E-state index contributed by atoms with van der Waals surface area (Å²) in [5, 5.41) is 0. The molecule has 9 heteroatoms. The smallest absolute Gasteiger partial charge is 0.236 e. The quantitative estimate of drug-likeness (QED) is 0.685. The van der Waals surface area contributed by atoms with E-state index < -0.39 is 10.0 Å². The molecule has 1 saturated heterocycles. The number of aromatic nitrogens is 3. The van der Waals surface area contributed by atoms with E-state index in [-0.39, 0.29) is 5.82 Å². The highest BCUT2D eigenvalue weighted by Crippen LogP contribution is 2.21. The van der Waals surface area contributed by atoms with Crippen LogP contribution in [0.5, 0.6) is 0 Å². The van der Waals surface area contributed by atoms with Gasteiger partial charge in [0.1, 0.15) is 11.6 Å². The molecule has 0 unspecified atom stereocenters. The molecule has 1 aromatic carbocycles. The predicted octanol–water partition coefficient (Wildman–Crippen LogP) is 2.01. The lowest BCUT2D eigenvalue weighted by Crippen LogP contribution is -2.34. The van der Waals surface area contributed by atoms with Crippen LogP contribution in [-0.2, 0) is 10.0 Å². The van der Waals surface area contributed by atoms with Crippen LogP contribution in [0, 0.1) is 5.82 Å². The normalized spacial score (nSPS) is 16.6. The number of benzene rings is 1. The summed E-state index contributed by atoms with van der Waals surface area (Å²) in [7, 11) is -3.18. The number of hydrogen-bond donors (Lipinski definition) is 0. The van der Waals surface area contributed by atoms with E-state index in [1.807, 2.05) is 22.9 Å². The van der Waals surface area contributed by atoms with Gasteiger partial charge in [0.25, 0.3) is 0 Å². The highest BCUT2D eigenvalue weighted by atomic mass is 32.2. The van der Waals surface area contributed by atoms with Gasteiger partial charge in [-0.3, -0.25) is 4.40 Å². The summed E-state index contributed by atoms with van der Waals surface area (Å²) in [5.41, 5.74) is 1.54. The van der Waals surface area contributed by atoms with Gasteiger partial charge in [-0.25, -0.2) is 22.1 Å². The van der Waals surface area contributed by atoms with Crippen molar-refractivity contribution in [2.24, 2.45) is 0 Å². The second-order valence-corrected chi connectivity index (χ2v) is 8.61. The Bertz CT molecular complexity index is 1070. The van der Waals surface area contributed by atoms with Gasteiger partial charge in [0.15, 0.2) is 0 Å². The highest BCUT2D eigenvalue weighted by molar-refractivity contribution is 7.88. The van der Waals surface area contributed by atoms with Gasteiger partial charge in [-0.1, -0.05) is 0 Å². The van der Waals surface area contributed by atoms with Crippen molar-refractivity contribution in [3.63, 3.8) is 0 Å². The largest absolute Gasteiger partial charge is 0.355 e. The first-order chi connectivity index (χ1) is 12.9.